The summed E-state index contributed by atoms with van der Waals surface area (Å²) < 4.78 is 7.70. The second-order valence-corrected chi connectivity index (χ2v) is 6.66. The molecule has 1 aliphatic rings. The van der Waals surface area contributed by atoms with E-state index in [1.54, 1.807) is 0 Å². The molecular formula is C19H23N5O. The van der Waals surface area contributed by atoms with Gasteiger partial charge in [-0.15, -0.1) is 0 Å². The van der Waals surface area contributed by atoms with Gasteiger partial charge in [0.15, 0.2) is 5.82 Å². The molecule has 0 saturated carbocycles. The van der Waals surface area contributed by atoms with Crippen LogP contribution >= 0.6 is 0 Å². The third-order valence-corrected chi connectivity index (χ3v) is 4.79. The number of hydrogen-bond acceptors (Lipinski definition) is 5. The number of rotatable bonds is 6. The van der Waals surface area contributed by atoms with E-state index in [1.165, 1.54) is 24.2 Å². The van der Waals surface area contributed by atoms with Crippen LogP contribution in [0.25, 0.3) is 0 Å². The summed E-state index contributed by atoms with van der Waals surface area (Å²) in [5.74, 6) is 2.99. The van der Waals surface area contributed by atoms with E-state index in [2.05, 4.69) is 50.3 Å². The van der Waals surface area contributed by atoms with E-state index >= 15 is 0 Å². The Balaban J connectivity index is 1.35. The molecule has 3 heterocycles. The summed E-state index contributed by atoms with van der Waals surface area (Å²) in [7, 11) is 0. The van der Waals surface area contributed by atoms with Crippen LogP contribution in [0.5, 0.6) is 0 Å². The molecule has 0 aliphatic carbocycles. The summed E-state index contributed by atoms with van der Waals surface area (Å²) in [6.07, 6.45) is 7.02. The van der Waals surface area contributed by atoms with Crippen molar-refractivity contribution in [3.63, 3.8) is 0 Å². The largest absolute Gasteiger partial charge is 0.338 e. The van der Waals surface area contributed by atoms with Crippen LogP contribution in [0.15, 0.2) is 47.2 Å². The molecule has 1 aromatic carbocycles. The molecule has 2 atom stereocenters. The molecule has 1 aliphatic heterocycles. The van der Waals surface area contributed by atoms with Gasteiger partial charge >= 0.3 is 0 Å². The lowest BCUT2D eigenvalue weighted by molar-refractivity contribution is 0.326. The Morgan fingerprint density at radius 1 is 1.32 bits per heavy atom. The van der Waals surface area contributed by atoms with Gasteiger partial charge in [-0.3, -0.25) is 0 Å². The zero-order chi connectivity index (χ0) is 17.1. The smallest absolute Gasteiger partial charge is 0.243 e. The first-order valence-electron chi connectivity index (χ1n) is 8.90. The number of nitrogens with zero attached hydrogens (tertiary/aromatic N) is 4. The van der Waals surface area contributed by atoms with E-state index in [9.17, 15) is 0 Å². The number of fused-ring (bicyclic) bond motifs is 1. The number of hydrogen-bond donors (Lipinski definition) is 1. The first-order valence-corrected chi connectivity index (χ1v) is 8.90. The fraction of sp³-hybridized carbons (Fsp3) is 0.421. The van der Waals surface area contributed by atoms with Crippen molar-refractivity contribution in [3.8, 4) is 0 Å². The van der Waals surface area contributed by atoms with E-state index in [4.69, 9.17) is 4.52 Å². The van der Waals surface area contributed by atoms with Crippen molar-refractivity contribution in [1.29, 1.82) is 0 Å². The van der Waals surface area contributed by atoms with E-state index in [0.29, 0.717) is 18.2 Å². The molecule has 4 rings (SSSR count). The van der Waals surface area contributed by atoms with Crippen LogP contribution in [0.1, 0.15) is 54.8 Å². The van der Waals surface area contributed by atoms with Crippen LogP contribution < -0.4 is 5.32 Å². The predicted molar refractivity (Wildman–Crippen MR) is 94.2 cm³/mol. The monoisotopic (exact) mass is 337 g/mol. The Bertz CT molecular complexity index is 810. The van der Waals surface area contributed by atoms with Gasteiger partial charge in [0.2, 0.25) is 5.89 Å². The maximum atomic E-state index is 5.45. The highest BCUT2D eigenvalue weighted by atomic mass is 16.5. The standard InChI is InChI=1S/C19H23N5O/c1-14(21-13-16-8-5-10-24-11-9-20-18(16)24)19-22-17(23-25-19)12-15-6-3-2-4-7-15/h2-4,6-7,9,11,14,16,21H,5,8,10,12-13H2,1H3/t14-,16+/m1/s1. The fourth-order valence-corrected chi connectivity index (χ4v) is 3.40. The lowest BCUT2D eigenvalue weighted by Crippen LogP contribution is -2.28. The van der Waals surface area contributed by atoms with Crippen molar-refractivity contribution < 1.29 is 4.52 Å². The Hall–Kier alpha value is -2.47. The quantitative estimate of drug-likeness (QED) is 0.748. The molecular weight excluding hydrogens is 314 g/mol. The van der Waals surface area contributed by atoms with Crippen LogP contribution in [0.4, 0.5) is 0 Å². The van der Waals surface area contributed by atoms with E-state index in [0.717, 1.165) is 18.9 Å². The second-order valence-electron chi connectivity index (χ2n) is 6.66. The molecule has 3 aromatic rings. The Morgan fingerprint density at radius 2 is 2.20 bits per heavy atom. The van der Waals surface area contributed by atoms with Gasteiger partial charge in [-0.1, -0.05) is 35.5 Å². The maximum Gasteiger partial charge on any atom is 0.243 e. The second kappa shape index (κ2) is 7.19. The summed E-state index contributed by atoms with van der Waals surface area (Å²) >= 11 is 0. The molecule has 0 amide bonds. The van der Waals surface area contributed by atoms with Crippen molar-refractivity contribution in [2.24, 2.45) is 0 Å². The van der Waals surface area contributed by atoms with Crippen LogP contribution in [0.2, 0.25) is 0 Å². The lowest BCUT2D eigenvalue weighted by Gasteiger charge is -2.24. The van der Waals surface area contributed by atoms with Crippen LogP contribution in [0.3, 0.4) is 0 Å². The molecule has 130 valence electrons. The highest BCUT2D eigenvalue weighted by Gasteiger charge is 2.23. The average Bonchev–Trinajstić information content (AvgIpc) is 3.30. The van der Waals surface area contributed by atoms with Gasteiger partial charge in [0.05, 0.1) is 6.04 Å². The SMILES string of the molecule is C[C@@H](NC[C@@H]1CCCn2ccnc21)c1nc(Cc2ccccc2)no1. The van der Waals surface area contributed by atoms with Crippen LogP contribution in [-0.4, -0.2) is 26.2 Å². The summed E-state index contributed by atoms with van der Waals surface area (Å²) in [5.41, 5.74) is 1.18. The molecule has 25 heavy (non-hydrogen) atoms. The van der Waals surface area contributed by atoms with Crippen molar-refractivity contribution >= 4 is 0 Å². The van der Waals surface area contributed by atoms with E-state index < -0.39 is 0 Å². The normalized spacial score (nSPS) is 18.0. The highest BCUT2D eigenvalue weighted by Crippen LogP contribution is 2.25. The van der Waals surface area contributed by atoms with Gasteiger partial charge in [-0.25, -0.2) is 4.98 Å². The number of aromatic nitrogens is 4. The van der Waals surface area contributed by atoms with Gasteiger partial charge in [0.1, 0.15) is 5.82 Å². The minimum absolute atomic E-state index is 0.0300. The molecule has 6 heteroatoms. The predicted octanol–water partition coefficient (Wildman–Crippen LogP) is 3.09. The van der Waals surface area contributed by atoms with Crippen molar-refractivity contribution in [3.05, 3.63) is 65.8 Å². The van der Waals surface area contributed by atoms with Crippen LogP contribution in [-0.2, 0) is 13.0 Å². The van der Waals surface area contributed by atoms with E-state index in [-0.39, 0.29) is 6.04 Å². The number of aryl methyl sites for hydroxylation is 1. The molecule has 0 saturated heterocycles. The third kappa shape index (κ3) is 3.64. The Morgan fingerprint density at radius 3 is 3.08 bits per heavy atom. The molecule has 0 fully saturated rings. The first-order chi connectivity index (χ1) is 12.3. The minimum atomic E-state index is 0.0300. The van der Waals surface area contributed by atoms with Crippen molar-refractivity contribution in [1.82, 2.24) is 25.0 Å². The number of benzene rings is 1. The molecule has 2 aromatic heterocycles. The summed E-state index contributed by atoms with van der Waals surface area (Å²) in [6.45, 7) is 4.01. The Labute approximate surface area is 147 Å². The zero-order valence-electron chi connectivity index (χ0n) is 14.4. The lowest BCUT2D eigenvalue weighted by atomic mass is 9.98. The van der Waals surface area contributed by atoms with Crippen molar-refractivity contribution in [2.75, 3.05) is 6.54 Å². The summed E-state index contributed by atoms with van der Waals surface area (Å²) in [4.78, 5) is 9.05. The van der Waals surface area contributed by atoms with Gasteiger partial charge in [-0.2, -0.15) is 4.98 Å². The molecule has 0 unspecified atom stereocenters. The highest BCUT2D eigenvalue weighted by molar-refractivity contribution is 5.18. The molecule has 6 nitrogen and oxygen atoms in total. The van der Waals surface area contributed by atoms with Gasteiger partial charge in [-0.05, 0) is 25.3 Å². The summed E-state index contributed by atoms with van der Waals surface area (Å²) in [5, 5.41) is 7.64. The molecule has 0 bridgehead atoms. The van der Waals surface area contributed by atoms with Crippen molar-refractivity contribution in [2.45, 2.75) is 44.7 Å². The number of imidazole rings is 1. The van der Waals surface area contributed by atoms with Gasteiger partial charge < -0.3 is 14.4 Å². The summed E-state index contributed by atoms with van der Waals surface area (Å²) in [6, 6.07) is 10.2. The minimum Gasteiger partial charge on any atom is -0.338 e. The zero-order valence-corrected chi connectivity index (χ0v) is 14.4. The molecule has 1 N–H and O–H groups in total. The Kier molecular flexibility index (Phi) is 4.61. The maximum absolute atomic E-state index is 5.45. The third-order valence-electron chi connectivity index (χ3n) is 4.79. The first kappa shape index (κ1) is 16.0. The van der Waals surface area contributed by atoms with Gasteiger partial charge in [0.25, 0.3) is 0 Å². The molecule has 0 radical (unpaired) electrons. The average molecular weight is 337 g/mol. The van der Waals surface area contributed by atoms with E-state index in [1.807, 2.05) is 24.4 Å². The number of nitrogens with one attached hydrogen (secondary N) is 1. The van der Waals surface area contributed by atoms with Crippen LogP contribution in [0, 0.1) is 0 Å². The molecule has 0 spiro atoms. The fourth-order valence-electron chi connectivity index (χ4n) is 3.40. The van der Waals surface area contributed by atoms with Gasteiger partial charge in [0, 0.05) is 37.8 Å². The topological polar surface area (TPSA) is 68.8 Å².